The Kier molecular flexibility index (Phi) is 8.43. The number of ketones is 1. The summed E-state index contributed by atoms with van der Waals surface area (Å²) in [6.45, 7) is 10.8. The smallest absolute Gasteiger partial charge is 0.169 e. The van der Waals surface area contributed by atoms with E-state index in [9.17, 15) is 15.0 Å². The Morgan fingerprint density at radius 1 is 1.15 bits per heavy atom. The maximum atomic E-state index is 14.1. The molecule has 0 unspecified atom stereocenters. The van der Waals surface area contributed by atoms with Crippen molar-refractivity contribution in [2.24, 2.45) is 23.7 Å². The predicted molar refractivity (Wildman–Crippen MR) is 151 cm³/mol. The van der Waals surface area contributed by atoms with Gasteiger partial charge in [0, 0.05) is 19.3 Å². The molecular formula is C33H48O6. The quantitative estimate of drug-likeness (QED) is 0.422. The number of ether oxygens (including phenoxy) is 3. The van der Waals surface area contributed by atoms with E-state index >= 15 is 0 Å². The zero-order chi connectivity index (χ0) is 27.9. The number of fused-ring (bicyclic) bond motifs is 2. The fourth-order valence-corrected chi connectivity index (χ4v) is 7.73. The normalized spacial score (nSPS) is 48.9. The molecule has 5 rings (SSSR count). The van der Waals surface area contributed by atoms with Gasteiger partial charge in [-0.25, -0.2) is 0 Å². The zero-order valence-corrected chi connectivity index (χ0v) is 24.4. The van der Waals surface area contributed by atoms with E-state index < -0.39 is 29.5 Å². The molecule has 6 nitrogen and oxygen atoms in total. The van der Waals surface area contributed by atoms with E-state index in [0.717, 1.165) is 38.5 Å². The van der Waals surface area contributed by atoms with Crippen molar-refractivity contribution in [2.75, 3.05) is 6.61 Å². The summed E-state index contributed by atoms with van der Waals surface area (Å²) in [5.41, 5.74) is 1.11. The minimum absolute atomic E-state index is 0.00154. The summed E-state index contributed by atoms with van der Waals surface area (Å²) in [4.78, 5) is 14.1. The lowest BCUT2D eigenvalue weighted by Crippen LogP contribution is -2.57. The van der Waals surface area contributed by atoms with E-state index in [2.05, 4.69) is 39.8 Å². The maximum absolute atomic E-state index is 14.1. The van der Waals surface area contributed by atoms with Crippen molar-refractivity contribution in [2.45, 2.75) is 122 Å². The molecule has 0 amide bonds. The second-order valence-corrected chi connectivity index (χ2v) is 13.1. The number of allylic oxidation sites excluding steroid dienone is 4. The number of hydrogen-bond donors (Lipinski definition) is 2. The van der Waals surface area contributed by atoms with Gasteiger partial charge in [0.15, 0.2) is 5.79 Å². The lowest BCUT2D eigenvalue weighted by Gasteiger charge is -2.50. The maximum Gasteiger partial charge on any atom is 0.169 e. The van der Waals surface area contributed by atoms with Gasteiger partial charge in [-0.15, -0.1) is 0 Å². The van der Waals surface area contributed by atoms with Gasteiger partial charge >= 0.3 is 0 Å². The third-order valence-electron chi connectivity index (χ3n) is 9.93. The summed E-state index contributed by atoms with van der Waals surface area (Å²) in [6, 6.07) is 0. The molecular weight excluding hydrogens is 492 g/mol. The van der Waals surface area contributed by atoms with Crippen LogP contribution in [0.5, 0.6) is 0 Å². The summed E-state index contributed by atoms with van der Waals surface area (Å²) in [7, 11) is 0. The van der Waals surface area contributed by atoms with Crippen LogP contribution in [0.3, 0.4) is 0 Å². The minimum atomic E-state index is -1.55. The van der Waals surface area contributed by atoms with Crippen LogP contribution in [-0.4, -0.2) is 58.4 Å². The number of Topliss-reactive ketones (excluding diaryl/α,β-unsaturated/α-hetero) is 1. The van der Waals surface area contributed by atoms with E-state index in [1.807, 2.05) is 19.1 Å². The largest absolute Gasteiger partial charge is 0.386 e. The van der Waals surface area contributed by atoms with Gasteiger partial charge in [0.05, 0.1) is 24.7 Å². The standard InChI is InChI=1S/C33H48O6/c1-6-29-22(4)12-13-32(39-29)18-24-16-26(38-32)11-10-21(3)14-20(2)8-7-9-25-19-37-31-30(35)23(5)15-27(28(34)17-24)33(25,31)36/h7-10,15,20,22,24,26-27,29-31,35-36H,6,11-14,16-19H2,1-5H3/b8-7+,21-10-,25-9+/t20-,22-,24+,26+,27-,29+,30+,31+,32+,33+/m0/s1. The Bertz CT molecular complexity index is 1060. The topological polar surface area (TPSA) is 85.2 Å². The SMILES string of the molecule is CC[C@H]1O[C@]2(CC[C@@H]1C)C[C@H]1CC(=O)[C@@H]3C=C(C)[C@@H](O)[C@H]4OC/C(=C\C=C\[C@H](C)C/C(C)=C\C[C@H](C1)O2)[C@]43O. The molecule has 1 spiro atoms. The second-order valence-electron chi connectivity index (χ2n) is 13.1. The van der Waals surface area contributed by atoms with Crippen LogP contribution in [0.15, 0.2) is 47.1 Å². The highest BCUT2D eigenvalue weighted by atomic mass is 16.7. The Morgan fingerprint density at radius 3 is 2.72 bits per heavy atom. The molecule has 0 aromatic carbocycles. The van der Waals surface area contributed by atoms with Crippen molar-refractivity contribution in [3.63, 3.8) is 0 Å². The van der Waals surface area contributed by atoms with Crippen LogP contribution >= 0.6 is 0 Å². The minimum Gasteiger partial charge on any atom is -0.386 e. The molecule has 6 heteroatoms. The van der Waals surface area contributed by atoms with E-state index in [0.29, 0.717) is 35.8 Å². The molecule has 2 bridgehead atoms. The lowest BCUT2D eigenvalue weighted by molar-refractivity contribution is -0.330. The van der Waals surface area contributed by atoms with E-state index in [1.165, 1.54) is 5.57 Å². The fourth-order valence-electron chi connectivity index (χ4n) is 7.73. The van der Waals surface area contributed by atoms with Crippen molar-refractivity contribution in [3.05, 3.63) is 47.1 Å². The second kappa shape index (κ2) is 11.4. The third-order valence-corrected chi connectivity index (χ3v) is 9.93. The third kappa shape index (κ3) is 5.65. The molecule has 39 heavy (non-hydrogen) atoms. The highest BCUT2D eigenvalue weighted by Gasteiger charge is 2.59. The molecule has 5 aliphatic rings. The summed E-state index contributed by atoms with van der Waals surface area (Å²) in [5.74, 6) is -0.506. The summed E-state index contributed by atoms with van der Waals surface area (Å²) < 4.78 is 19.4. The molecule has 0 saturated carbocycles. The number of hydrogen-bond acceptors (Lipinski definition) is 6. The Balaban J connectivity index is 1.51. The molecule has 0 aromatic heterocycles. The van der Waals surface area contributed by atoms with Crippen molar-refractivity contribution in [1.82, 2.24) is 0 Å². The van der Waals surface area contributed by atoms with Gasteiger partial charge < -0.3 is 24.4 Å². The van der Waals surface area contributed by atoms with Gasteiger partial charge in [-0.3, -0.25) is 4.79 Å². The first-order chi connectivity index (χ1) is 18.5. The Labute approximate surface area is 234 Å². The number of aliphatic hydroxyl groups excluding tert-OH is 1. The Morgan fingerprint density at radius 2 is 1.95 bits per heavy atom. The van der Waals surface area contributed by atoms with Gasteiger partial charge in [-0.1, -0.05) is 56.7 Å². The highest BCUT2D eigenvalue weighted by molar-refractivity contribution is 5.86. The van der Waals surface area contributed by atoms with Gasteiger partial charge in [-0.2, -0.15) is 0 Å². The molecule has 10 atom stereocenters. The van der Waals surface area contributed by atoms with E-state index in [1.54, 1.807) is 6.08 Å². The molecule has 2 N–H and O–H groups in total. The van der Waals surface area contributed by atoms with E-state index in [-0.39, 0.29) is 30.5 Å². The average Bonchev–Trinajstić information content (AvgIpc) is 3.23. The van der Waals surface area contributed by atoms with Gasteiger partial charge in [-0.05, 0) is 74.9 Å². The van der Waals surface area contributed by atoms with Crippen LogP contribution in [-0.2, 0) is 19.0 Å². The van der Waals surface area contributed by atoms with Crippen LogP contribution in [0.1, 0.15) is 86.0 Å². The average molecular weight is 541 g/mol. The first kappa shape index (κ1) is 28.9. The molecule has 2 aliphatic carbocycles. The lowest BCUT2D eigenvalue weighted by atomic mass is 9.67. The molecule has 0 radical (unpaired) electrons. The first-order valence-electron chi connectivity index (χ1n) is 15.2. The highest BCUT2D eigenvalue weighted by Crippen LogP contribution is 2.48. The Hall–Kier alpha value is -1.57. The van der Waals surface area contributed by atoms with Crippen LogP contribution in [0, 0.1) is 23.7 Å². The van der Waals surface area contributed by atoms with Gasteiger partial charge in [0.1, 0.15) is 23.6 Å². The van der Waals surface area contributed by atoms with Crippen molar-refractivity contribution in [3.8, 4) is 0 Å². The molecule has 3 fully saturated rings. The molecule has 3 heterocycles. The van der Waals surface area contributed by atoms with Crippen molar-refractivity contribution < 1.29 is 29.2 Å². The van der Waals surface area contributed by atoms with Gasteiger partial charge in [0.2, 0.25) is 0 Å². The molecule has 0 aromatic rings. The summed E-state index contributed by atoms with van der Waals surface area (Å²) in [6.07, 6.45) is 14.9. The number of aliphatic hydroxyl groups is 2. The van der Waals surface area contributed by atoms with Crippen molar-refractivity contribution >= 4 is 5.78 Å². The molecule has 216 valence electrons. The number of carbonyl (C=O) groups excluding carboxylic acids is 1. The monoisotopic (exact) mass is 540 g/mol. The van der Waals surface area contributed by atoms with Crippen molar-refractivity contribution in [1.29, 1.82) is 0 Å². The molecule has 3 aliphatic heterocycles. The van der Waals surface area contributed by atoms with E-state index in [4.69, 9.17) is 14.2 Å². The van der Waals surface area contributed by atoms with Gasteiger partial charge in [0.25, 0.3) is 0 Å². The zero-order valence-electron chi connectivity index (χ0n) is 24.4. The number of rotatable bonds is 1. The predicted octanol–water partition coefficient (Wildman–Crippen LogP) is 5.59. The van der Waals surface area contributed by atoms with Crippen LogP contribution < -0.4 is 0 Å². The summed E-state index contributed by atoms with van der Waals surface area (Å²) in [5, 5.41) is 23.0. The summed E-state index contributed by atoms with van der Waals surface area (Å²) >= 11 is 0. The molecule has 3 saturated heterocycles. The fraction of sp³-hybridized carbons (Fsp3) is 0.727. The number of carbonyl (C=O) groups is 1. The first-order valence-corrected chi connectivity index (χ1v) is 15.2. The van der Waals surface area contributed by atoms with Crippen LogP contribution in [0.2, 0.25) is 0 Å². The van der Waals surface area contributed by atoms with Crippen LogP contribution in [0.25, 0.3) is 0 Å². The van der Waals surface area contributed by atoms with Crippen LogP contribution in [0.4, 0.5) is 0 Å².